The van der Waals surface area contributed by atoms with Gasteiger partial charge in [0.15, 0.2) is 0 Å². The van der Waals surface area contributed by atoms with Crippen molar-refractivity contribution in [2.24, 2.45) is 5.41 Å². The van der Waals surface area contributed by atoms with Crippen LogP contribution in [-0.2, 0) is 0 Å². The largest absolute Gasteiger partial charge is 0.388 e. The van der Waals surface area contributed by atoms with Gasteiger partial charge in [-0.15, -0.1) is 0 Å². The lowest BCUT2D eigenvalue weighted by Crippen LogP contribution is -2.17. The average Bonchev–Trinajstić information content (AvgIpc) is 2.03. The summed E-state index contributed by atoms with van der Waals surface area (Å²) < 4.78 is 0. The predicted octanol–water partition coefficient (Wildman–Crippen LogP) is 2.16. The fraction of sp³-hybridized carbons (Fsp3) is 0.500. The minimum atomic E-state index is -0.439. The summed E-state index contributed by atoms with van der Waals surface area (Å²) in [4.78, 5) is 3.96. The molecule has 0 fully saturated rings. The second-order valence-corrected chi connectivity index (χ2v) is 4.05. The van der Waals surface area contributed by atoms with Crippen LogP contribution in [0.5, 0.6) is 0 Å². The van der Waals surface area contributed by atoms with Gasteiger partial charge < -0.3 is 5.11 Å². The zero-order valence-corrected chi connectivity index (χ0v) is 7.78. The molecule has 0 aromatic carbocycles. The van der Waals surface area contributed by atoms with Gasteiger partial charge in [0.05, 0.1) is 6.10 Å². The first-order chi connectivity index (χ1) is 5.52. The van der Waals surface area contributed by atoms with Crippen LogP contribution in [0.1, 0.15) is 32.4 Å². The van der Waals surface area contributed by atoms with Gasteiger partial charge in [-0.2, -0.15) is 0 Å². The molecule has 0 spiro atoms. The Kier molecular flexibility index (Phi) is 2.48. The number of hydrogen-bond donors (Lipinski definition) is 1. The van der Waals surface area contributed by atoms with Crippen LogP contribution in [0.15, 0.2) is 24.5 Å². The van der Waals surface area contributed by atoms with Gasteiger partial charge in [-0.05, 0) is 17.0 Å². The van der Waals surface area contributed by atoms with Crippen molar-refractivity contribution in [1.29, 1.82) is 0 Å². The molecule has 0 aliphatic rings. The van der Waals surface area contributed by atoms with Gasteiger partial charge in [-0.25, -0.2) is 0 Å². The lowest BCUT2D eigenvalue weighted by molar-refractivity contribution is 0.0624. The highest BCUT2D eigenvalue weighted by molar-refractivity contribution is 5.13. The molecule has 66 valence electrons. The molecule has 0 unspecified atom stereocenters. The van der Waals surface area contributed by atoms with Gasteiger partial charge in [0.2, 0.25) is 0 Å². The van der Waals surface area contributed by atoms with Crippen LogP contribution in [0.4, 0.5) is 0 Å². The first-order valence-corrected chi connectivity index (χ1v) is 4.10. The van der Waals surface area contributed by atoms with Crippen LogP contribution in [0.25, 0.3) is 0 Å². The van der Waals surface area contributed by atoms with Crippen molar-refractivity contribution in [2.45, 2.75) is 26.9 Å². The monoisotopic (exact) mass is 165 g/mol. The van der Waals surface area contributed by atoms with E-state index in [2.05, 4.69) is 4.98 Å². The average molecular weight is 165 g/mol. The molecule has 1 rings (SSSR count). The summed E-state index contributed by atoms with van der Waals surface area (Å²) >= 11 is 0. The van der Waals surface area contributed by atoms with Crippen LogP contribution in [-0.4, -0.2) is 10.1 Å². The number of aliphatic hydroxyl groups is 1. The Morgan fingerprint density at radius 2 is 2.08 bits per heavy atom. The van der Waals surface area contributed by atoms with Crippen molar-refractivity contribution in [3.63, 3.8) is 0 Å². The smallest absolute Gasteiger partial charge is 0.0853 e. The number of nitrogens with zero attached hydrogens (tertiary/aromatic N) is 1. The number of pyridine rings is 1. The first-order valence-electron chi connectivity index (χ1n) is 4.10. The molecule has 0 saturated carbocycles. The van der Waals surface area contributed by atoms with E-state index in [9.17, 15) is 5.11 Å². The van der Waals surface area contributed by atoms with Crippen molar-refractivity contribution < 1.29 is 5.11 Å². The van der Waals surface area contributed by atoms with E-state index in [-0.39, 0.29) is 5.41 Å². The maximum atomic E-state index is 9.82. The zero-order chi connectivity index (χ0) is 9.19. The third kappa shape index (κ3) is 2.05. The fourth-order valence-corrected chi connectivity index (χ4v) is 1.04. The number of hydrogen-bond acceptors (Lipinski definition) is 2. The standard InChI is InChI=1S/C10H15NO/c1-10(2,3)9(12)8-5-4-6-11-7-8/h4-7,9,12H,1-3H3/t9-/m1/s1. The van der Waals surface area contributed by atoms with Crippen molar-refractivity contribution in [1.82, 2.24) is 4.98 Å². The molecule has 0 radical (unpaired) electrons. The van der Waals surface area contributed by atoms with Gasteiger partial charge in [0, 0.05) is 12.4 Å². The molecule has 0 bridgehead atoms. The van der Waals surface area contributed by atoms with E-state index in [1.807, 2.05) is 32.9 Å². The highest BCUT2D eigenvalue weighted by Gasteiger charge is 2.23. The molecular formula is C10H15NO. The van der Waals surface area contributed by atoms with E-state index in [0.717, 1.165) is 5.56 Å². The summed E-state index contributed by atoms with van der Waals surface area (Å²) in [6.45, 7) is 6.01. The van der Waals surface area contributed by atoms with Gasteiger partial charge >= 0.3 is 0 Å². The maximum Gasteiger partial charge on any atom is 0.0853 e. The Morgan fingerprint density at radius 1 is 1.42 bits per heavy atom. The molecule has 1 atom stereocenters. The molecule has 0 aliphatic heterocycles. The summed E-state index contributed by atoms with van der Waals surface area (Å²) in [5.74, 6) is 0. The molecule has 0 saturated heterocycles. The summed E-state index contributed by atoms with van der Waals surface area (Å²) in [5, 5.41) is 9.82. The van der Waals surface area contributed by atoms with Gasteiger partial charge in [0.25, 0.3) is 0 Å². The summed E-state index contributed by atoms with van der Waals surface area (Å²) in [6, 6.07) is 3.73. The summed E-state index contributed by atoms with van der Waals surface area (Å²) in [7, 11) is 0. The summed E-state index contributed by atoms with van der Waals surface area (Å²) in [5.41, 5.74) is 0.758. The predicted molar refractivity (Wildman–Crippen MR) is 48.7 cm³/mol. The molecular weight excluding hydrogens is 150 g/mol. The van der Waals surface area contributed by atoms with Crippen molar-refractivity contribution in [3.05, 3.63) is 30.1 Å². The molecule has 0 amide bonds. The minimum absolute atomic E-state index is 0.122. The van der Waals surface area contributed by atoms with Crippen molar-refractivity contribution in [3.8, 4) is 0 Å². The van der Waals surface area contributed by atoms with Crippen LogP contribution in [0.2, 0.25) is 0 Å². The Hall–Kier alpha value is -0.890. The summed E-state index contributed by atoms with van der Waals surface area (Å²) in [6.07, 6.45) is 2.97. The van der Waals surface area contributed by atoms with E-state index in [4.69, 9.17) is 0 Å². The highest BCUT2D eigenvalue weighted by Crippen LogP contribution is 2.31. The van der Waals surface area contributed by atoms with Crippen LogP contribution >= 0.6 is 0 Å². The molecule has 1 N–H and O–H groups in total. The van der Waals surface area contributed by atoms with Crippen molar-refractivity contribution >= 4 is 0 Å². The number of rotatable bonds is 1. The first kappa shape index (κ1) is 9.20. The molecule has 1 aromatic rings. The van der Waals surface area contributed by atoms with Gasteiger partial charge in [0.1, 0.15) is 0 Å². The molecule has 0 aliphatic carbocycles. The SMILES string of the molecule is CC(C)(C)[C@H](O)c1cccnc1. The number of aliphatic hydroxyl groups excluding tert-OH is 1. The van der Waals surface area contributed by atoms with E-state index in [1.54, 1.807) is 12.4 Å². The quantitative estimate of drug-likeness (QED) is 0.691. The third-order valence-electron chi connectivity index (χ3n) is 1.82. The van der Waals surface area contributed by atoms with Crippen LogP contribution < -0.4 is 0 Å². The second-order valence-electron chi connectivity index (χ2n) is 4.05. The third-order valence-corrected chi connectivity index (χ3v) is 1.82. The molecule has 2 heteroatoms. The number of aromatic nitrogens is 1. The maximum absolute atomic E-state index is 9.82. The highest BCUT2D eigenvalue weighted by atomic mass is 16.3. The zero-order valence-electron chi connectivity index (χ0n) is 7.78. The van der Waals surface area contributed by atoms with E-state index in [1.165, 1.54) is 0 Å². The lowest BCUT2D eigenvalue weighted by Gasteiger charge is -2.25. The minimum Gasteiger partial charge on any atom is -0.388 e. The molecule has 2 nitrogen and oxygen atoms in total. The Morgan fingerprint density at radius 3 is 2.50 bits per heavy atom. The van der Waals surface area contributed by atoms with E-state index >= 15 is 0 Å². The van der Waals surface area contributed by atoms with Gasteiger partial charge in [-0.3, -0.25) is 4.98 Å². The van der Waals surface area contributed by atoms with Crippen LogP contribution in [0.3, 0.4) is 0 Å². The van der Waals surface area contributed by atoms with Gasteiger partial charge in [-0.1, -0.05) is 26.8 Å². The normalized spacial score (nSPS) is 14.3. The Labute approximate surface area is 73.3 Å². The van der Waals surface area contributed by atoms with E-state index < -0.39 is 6.10 Å². The molecule has 1 aromatic heterocycles. The Balaban J connectivity index is 2.86. The van der Waals surface area contributed by atoms with Crippen molar-refractivity contribution in [2.75, 3.05) is 0 Å². The fourth-order valence-electron chi connectivity index (χ4n) is 1.04. The molecule has 12 heavy (non-hydrogen) atoms. The second kappa shape index (κ2) is 3.23. The lowest BCUT2D eigenvalue weighted by atomic mass is 9.85. The topological polar surface area (TPSA) is 33.1 Å². The van der Waals surface area contributed by atoms with Crippen LogP contribution in [0, 0.1) is 5.41 Å². The Bertz CT molecular complexity index is 238. The molecule has 1 heterocycles. The van der Waals surface area contributed by atoms with E-state index in [0.29, 0.717) is 0 Å².